The van der Waals surface area contributed by atoms with Crippen molar-refractivity contribution in [2.45, 2.75) is 18.8 Å². The summed E-state index contributed by atoms with van der Waals surface area (Å²) in [6.45, 7) is 0.689. The highest BCUT2D eigenvalue weighted by molar-refractivity contribution is 5.31. The number of aromatic hydroxyl groups is 1. The van der Waals surface area contributed by atoms with Crippen molar-refractivity contribution >= 4 is 0 Å². The Bertz CT molecular complexity index is 294. The molecule has 1 atom stereocenters. The van der Waals surface area contributed by atoms with Crippen LogP contribution in [0.25, 0.3) is 0 Å². The molecule has 0 spiro atoms. The van der Waals surface area contributed by atoms with E-state index in [1.165, 1.54) is 18.4 Å². The van der Waals surface area contributed by atoms with Crippen molar-refractivity contribution in [2.24, 2.45) is 11.7 Å². The first-order valence-electron chi connectivity index (χ1n) is 4.80. The molecule has 0 bridgehead atoms. The van der Waals surface area contributed by atoms with Gasteiger partial charge in [-0.3, -0.25) is 0 Å². The van der Waals surface area contributed by atoms with Crippen LogP contribution in [0.5, 0.6) is 5.75 Å². The van der Waals surface area contributed by atoms with Gasteiger partial charge in [0.2, 0.25) is 0 Å². The highest BCUT2D eigenvalue weighted by atomic mass is 16.3. The van der Waals surface area contributed by atoms with Gasteiger partial charge in [-0.25, -0.2) is 0 Å². The number of rotatable bonds is 3. The van der Waals surface area contributed by atoms with Gasteiger partial charge in [0, 0.05) is 0 Å². The van der Waals surface area contributed by atoms with Crippen LogP contribution in [0.2, 0.25) is 0 Å². The van der Waals surface area contributed by atoms with Gasteiger partial charge in [0.25, 0.3) is 0 Å². The molecule has 1 aromatic carbocycles. The molecule has 1 unspecified atom stereocenters. The first-order chi connectivity index (χ1) is 6.31. The van der Waals surface area contributed by atoms with Crippen LogP contribution in [0, 0.1) is 5.92 Å². The van der Waals surface area contributed by atoms with E-state index in [2.05, 4.69) is 6.07 Å². The van der Waals surface area contributed by atoms with Gasteiger partial charge in [0.1, 0.15) is 5.75 Å². The summed E-state index contributed by atoms with van der Waals surface area (Å²) in [6.07, 6.45) is 2.58. The summed E-state index contributed by atoms with van der Waals surface area (Å²) in [4.78, 5) is 0. The summed E-state index contributed by atoms with van der Waals surface area (Å²) >= 11 is 0. The molecule has 0 aliphatic heterocycles. The molecular weight excluding hydrogens is 162 g/mol. The average Bonchev–Trinajstić information content (AvgIpc) is 2.90. The fourth-order valence-electron chi connectivity index (χ4n) is 1.85. The van der Waals surface area contributed by atoms with Crippen molar-refractivity contribution in [3.05, 3.63) is 29.8 Å². The average molecular weight is 177 g/mol. The molecule has 1 saturated carbocycles. The third-order valence-electron chi connectivity index (χ3n) is 2.74. The summed E-state index contributed by atoms with van der Waals surface area (Å²) < 4.78 is 0. The Balaban J connectivity index is 2.21. The van der Waals surface area contributed by atoms with E-state index in [9.17, 15) is 5.11 Å². The predicted octanol–water partition coefficient (Wildman–Crippen LogP) is 1.84. The van der Waals surface area contributed by atoms with Gasteiger partial charge in [-0.1, -0.05) is 12.1 Å². The van der Waals surface area contributed by atoms with Crippen molar-refractivity contribution in [3.63, 3.8) is 0 Å². The Labute approximate surface area is 78.4 Å². The summed E-state index contributed by atoms with van der Waals surface area (Å²) in [6, 6.07) is 7.46. The van der Waals surface area contributed by atoms with E-state index in [0.29, 0.717) is 18.2 Å². The lowest BCUT2D eigenvalue weighted by molar-refractivity contribution is 0.472. The summed E-state index contributed by atoms with van der Waals surface area (Å²) in [5.74, 6) is 1.55. The zero-order chi connectivity index (χ0) is 9.26. The van der Waals surface area contributed by atoms with Crippen molar-refractivity contribution < 1.29 is 5.11 Å². The fourth-order valence-corrected chi connectivity index (χ4v) is 1.85. The number of nitrogens with two attached hydrogens (primary N) is 1. The minimum Gasteiger partial charge on any atom is -0.508 e. The molecule has 1 aliphatic rings. The van der Waals surface area contributed by atoms with Crippen LogP contribution >= 0.6 is 0 Å². The second kappa shape index (κ2) is 3.38. The van der Waals surface area contributed by atoms with E-state index in [0.717, 1.165) is 5.92 Å². The third kappa shape index (κ3) is 1.83. The quantitative estimate of drug-likeness (QED) is 0.740. The fraction of sp³-hybridized carbons (Fsp3) is 0.455. The summed E-state index contributed by atoms with van der Waals surface area (Å²) in [5.41, 5.74) is 6.90. The van der Waals surface area contributed by atoms with E-state index in [1.807, 2.05) is 12.1 Å². The minimum absolute atomic E-state index is 0.344. The van der Waals surface area contributed by atoms with Crippen LogP contribution in [-0.4, -0.2) is 11.7 Å². The lowest BCUT2D eigenvalue weighted by Gasteiger charge is -2.13. The van der Waals surface area contributed by atoms with E-state index in [4.69, 9.17) is 5.73 Å². The largest absolute Gasteiger partial charge is 0.508 e. The topological polar surface area (TPSA) is 46.2 Å². The molecular formula is C11H15NO. The summed E-state index contributed by atoms with van der Waals surface area (Å²) in [7, 11) is 0. The second-order valence-corrected chi connectivity index (χ2v) is 3.77. The van der Waals surface area contributed by atoms with E-state index in [1.54, 1.807) is 6.07 Å². The first kappa shape index (κ1) is 8.57. The maximum absolute atomic E-state index is 9.32. The van der Waals surface area contributed by atoms with Gasteiger partial charge in [0.15, 0.2) is 0 Å². The predicted molar refractivity (Wildman–Crippen MR) is 52.6 cm³/mol. The maximum atomic E-state index is 9.32. The first-order valence-corrected chi connectivity index (χ1v) is 4.80. The molecule has 0 saturated heterocycles. The second-order valence-electron chi connectivity index (χ2n) is 3.77. The van der Waals surface area contributed by atoms with E-state index < -0.39 is 0 Å². The molecule has 1 aliphatic carbocycles. The van der Waals surface area contributed by atoms with Crippen LogP contribution in [0.3, 0.4) is 0 Å². The van der Waals surface area contributed by atoms with Gasteiger partial charge in [-0.05, 0) is 48.9 Å². The highest BCUT2D eigenvalue weighted by Crippen LogP contribution is 2.42. The number of hydrogen-bond acceptors (Lipinski definition) is 2. The van der Waals surface area contributed by atoms with Crippen LogP contribution in [-0.2, 0) is 0 Å². The Morgan fingerprint density at radius 1 is 1.46 bits per heavy atom. The molecule has 0 heterocycles. The third-order valence-corrected chi connectivity index (χ3v) is 2.74. The zero-order valence-electron chi connectivity index (χ0n) is 7.61. The lowest BCUT2D eigenvalue weighted by atomic mass is 9.94. The van der Waals surface area contributed by atoms with Crippen molar-refractivity contribution in [3.8, 4) is 5.75 Å². The molecule has 2 rings (SSSR count). The van der Waals surface area contributed by atoms with Gasteiger partial charge in [-0.15, -0.1) is 0 Å². The molecule has 0 aromatic heterocycles. The van der Waals surface area contributed by atoms with E-state index in [-0.39, 0.29) is 0 Å². The SMILES string of the molecule is NCC(c1cccc(O)c1)C1CC1. The Kier molecular flexibility index (Phi) is 2.23. The smallest absolute Gasteiger partial charge is 0.115 e. The van der Waals surface area contributed by atoms with Crippen LogP contribution in [0.1, 0.15) is 24.3 Å². The highest BCUT2D eigenvalue weighted by Gasteiger charge is 2.31. The molecule has 0 radical (unpaired) electrons. The number of phenols is 1. The molecule has 3 N–H and O–H groups in total. The van der Waals surface area contributed by atoms with Crippen LogP contribution in [0.15, 0.2) is 24.3 Å². The lowest BCUT2D eigenvalue weighted by Crippen LogP contribution is -2.14. The van der Waals surface area contributed by atoms with Gasteiger partial charge >= 0.3 is 0 Å². The van der Waals surface area contributed by atoms with Crippen molar-refractivity contribution in [1.29, 1.82) is 0 Å². The molecule has 2 nitrogen and oxygen atoms in total. The molecule has 0 amide bonds. The standard InChI is InChI=1S/C11H15NO/c12-7-11(8-4-5-8)9-2-1-3-10(13)6-9/h1-3,6,8,11,13H,4-5,7,12H2. The van der Waals surface area contributed by atoms with Crippen molar-refractivity contribution in [2.75, 3.05) is 6.54 Å². The number of phenolic OH excluding ortho intramolecular Hbond substituents is 1. The Hall–Kier alpha value is -1.02. The number of hydrogen-bond donors (Lipinski definition) is 2. The molecule has 1 fully saturated rings. The monoisotopic (exact) mass is 177 g/mol. The maximum Gasteiger partial charge on any atom is 0.115 e. The zero-order valence-corrected chi connectivity index (χ0v) is 7.61. The van der Waals surface area contributed by atoms with Gasteiger partial charge < -0.3 is 10.8 Å². The normalized spacial score (nSPS) is 18.5. The molecule has 70 valence electrons. The molecule has 2 heteroatoms. The van der Waals surface area contributed by atoms with Crippen molar-refractivity contribution in [1.82, 2.24) is 0 Å². The Morgan fingerprint density at radius 2 is 2.23 bits per heavy atom. The number of benzene rings is 1. The van der Waals surface area contributed by atoms with Crippen LogP contribution < -0.4 is 5.73 Å². The molecule has 13 heavy (non-hydrogen) atoms. The Morgan fingerprint density at radius 3 is 2.77 bits per heavy atom. The minimum atomic E-state index is 0.344. The van der Waals surface area contributed by atoms with E-state index >= 15 is 0 Å². The molecule has 1 aromatic rings. The van der Waals surface area contributed by atoms with Crippen LogP contribution in [0.4, 0.5) is 0 Å². The summed E-state index contributed by atoms with van der Waals surface area (Å²) in [5, 5.41) is 9.32. The van der Waals surface area contributed by atoms with Gasteiger partial charge in [-0.2, -0.15) is 0 Å². The van der Waals surface area contributed by atoms with Gasteiger partial charge in [0.05, 0.1) is 0 Å².